The van der Waals surface area contributed by atoms with Gasteiger partial charge in [-0.15, -0.1) is 0 Å². The Hall–Kier alpha value is -3.23. The van der Waals surface area contributed by atoms with Crippen LogP contribution in [0.4, 0.5) is 5.82 Å². The molecule has 2 aromatic heterocycles. The first kappa shape index (κ1) is 27.3. The maximum Gasteiger partial charge on any atom is 0.310 e. The number of carbonyl (C=O) groups excluding carboxylic acids is 2. The van der Waals surface area contributed by atoms with Gasteiger partial charge in [-0.3, -0.25) is 14.5 Å². The molecule has 2 aliphatic heterocycles. The highest BCUT2D eigenvalue weighted by molar-refractivity contribution is 7.08. The molecule has 0 radical (unpaired) electrons. The molecule has 0 aliphatic carbocycles. The molecule has 0 saturated carbocycles. The molecule has 2 fully saturated rings. The number of carbonyl (C=O) groups is 2. The van der Waals surface area contributed by atoms with Gasteiger partial charge in [0.15, 0.2) is 0 Å². The van der Waals surface area contributed by atoms with Crippen molar-refractivity contribution in [3.8, 4) is 11.3 Å². The van der Waals surface area contributed by atoms with Crippen LogP contribution in [-0.2, 0) is 16.1 Å². The van der Waals surface area contributed by atoms with Crippen molar-refractivity contribution in [2.45, 2.75) is 45.2 Å². The fraction of sp³-hybridized carbons (Fsp3) is 0.452. The van der Waals surface area contributed by atoms with Crippen LogP contribution in [0, 0.1) is 5.92 Å². The van der Waals surface area contributed by atoms with Gasteiger partial charge in [0.05, 0.1) is 23.8 Å². The molecule has 4 heterocycles. The number of aromatic nitrogens is 1. The van der Waals surface area contributed by atoms with E-state index in [2.05, 4.69) is 33.4 Å². The highest BCUT2D eigenvalue weighted by Crippen LogP contribution is 2.29. The minimum Gasteiger partial charge on any atom is -0.466 e. The number of benzene rings is 1. The van der Waals surface area contributed by atoms with E-state index in [0.717, 1.165) is 50.0 Å². The molecule has 1 aromatic carbocycles. The van der Waals surface area contributed by atoms with Crippen molar-refractivity contribution in [1.82, 2.24) is 14.8 Å². The number of ether oxygens (including phenoxy) is 1. The lowest BCUT2D eigenvalue weighted by Gasteiger charge is -2.42. The molecule has 5 rings (SSSR count). The summed E-state index contributed by atoms with van der Waals surface area (Å²) in [5.74, 6) is 0.646. The number of rotatable bonds is 8. The van der Waals surface area contributed by atoms with Crippen LogP contribution in [0.25, 0.3) is 11.3 Å². The first-order valence-corrected chi connectivity index (χ1v) is 15.0. The normalized spacial score (nSPS) is 18.6. The SMILES string of the molecule is CCOC(=O)[C@H]1CCCN(C2CCN(C(=O)c3ccc(-c4ccsc4)nc3N(C)Cc3ccccc3)CC2)C1. The van der Waals surface area contributed by atoms with Gasteiger partial charge in [0, 0.05) is 50.2 Å². The van der Waals surface area contributed by atoms with E-state index >= 15 is 0 Å². The highest BCUT2D eigenvalue weighted by atomic mass is 32.1. The molecule has 0 N–H and O–H groups in total. The van der Waals surface area contributed by atoms with Gasteiger partial charge in [-0.1, -0.05) is 30.3 Å². The zero-order valence-corrected chi connectivity index (χ0v) is 23.7. The van der Waals surface area contributed by atoms with Crippen molar-refractivity contribution in [2.24, 2.45) is 5.92 Å². The average Bonchev–Trinajstić information content (AvgIpc) is 3.53. The van der Waals surface area contributed by atoms with Gasteiger partial charge < -0.3 is 14.5 Å². The summed E-state index contributed by atoms with van der Waals surface area (Å²) in [7, 11) is 2.01. The van der Waals surface area contributed by atoms with E-state index in [1.165, 1.54) is 5.56 Å². The van der Waals surface area contributed by atoms with E-state index in [1.807, 2.05) is 54.6 Å². The van der Waals surface area contributed by atoms with Crippen molar-refractivity contribution < 1.29 is 14.3 Å². The van der Waals surface area contributed by atoms with Gasteiger partial charge in [-0.05, 0) is 68.3 Å². The van der Waals surface area contributed by atoms with E-state index < -0.39 is 0 Å². The second-order valence-electron chi connectivity index (χ2n) is 10.5. The number of nitrogens with zero attached hydrogens (tertiary/aromatic N) is 4. The topological polar surface area (TPSA) is 66.0 Å². The van der Waals surface area contributed by atoms with Crippen molar-refractivity contribution in [3.63, 3.8) is 0 Å². The van der Waals surface area contributed by atoms with Gasteiger partial charge in [-0.25, -0.2) is 4.98 Å². The summed E-state index contributed by atoms with van der Waals surface area (Å²) < 4.78 is 5.29. The summed E-state index contributed by atoms with van der Waals surface area (Å²) >= 11 is 1.64. The maximum atomic E-state index is 13.9. The number of esters is 1. The second kappa shape index (κ2) is 12.7. The molecule has 0 unspecified atom stereocenters. The molecular weight excluding hydrogens is 508 g/mol. The second-order valence-corrected chi connectivity index (χ2v) is 11.3. The maximum absolute atomic E-state index is 13.9. The molecule has 8 heteroatoms. The molecule has 39 heavy (non-hydrogen) atoms. The van der Waals surface area contributed by atoms with Crippen LogP contribution >= 0.6 is 11.3 Å². The van der Waals surface area contributed by atoms with Crippen molar-refractivity contribution in [1.29, 1.82) is 0 Å². The van der Waals surface area contributed by atoms with Crippen LogP contribution in [0.2, 0.25) is 0 Å². The lowest BCUT2D eigenvalue weighted by Crippen LogP contribution is -2.50. The first-order chi connectivity index (χ1) is 19.0. The predicted molar refractivity (Wildman–Crippen MR) is 156 cm³/mol. The number of pyridine rings is 1. The van der Waals surface area contributed by atoms with Crippen molar-refractivity contribution in [3.05, 3.63) is 70.4 Å². The molecule has 7 nitrogen and oxygen atoms in total. The van der Waals surface area contributed by atoms with Crippen LogP contribution in [0.3, 0.4) is 0 Å². The number of thiophene rings is 1. The minimum absolute atomic E-state index is 0.0334. The summed E-state index contributed by atoms with van der Waals surface area (Å²) in [6.45, 7) is 6.15. The number of amides is 1. The van der Waals surface area contributed by atoms with Gasteiger partial charge in [-0.2, -0.15) is 11.3 Å². The Morgan fingerprint density at radius 2 is 1.85 bits per heavy atom. The fourth-order valence-electron chi connectivity index (χ4n) is 5.80. The Morgan fingerprint density at radius 3 is 2.56 bits per heavy atom. The molecule has 1 atom stereocenters. The van der Waals surface area contributed by atoms with E-state index in [4.69, 9.17) is 9.72 Å². The summed E-state index contributed by atoms with van der Waals surface area (Å²) in [5.41, 5.74) is 3.76. The molecule has 0 bridgehead atoms. The first-order valence-electron chi connectivity index (χ1n) is 14.0. The Morgan fingerprint density at radius 1 is 1.05 bits per heavy atom. The number of hydrogen-bond acceptors (Lipinski definition) is 7. The van der Waals surface area contributed by atoms with Gasteiger partial charge >= 0.3 is 5.97 Å². The van der Waals surface area contributed by atoms with E-state index in [-0.39, 0.29) is 17.8 Å². The third-order valence-electron chi connectivity index (χ3n) is 7.89. The zero-order chi connectivity index (χ0) is 27.2. The third kappa shape index (κ3) is 6.50. The summed E-state index contributed by atoms with van der Waals surface area (Å²) in [6.07, 6.45) is 3.75. The molecule has 0 spiro atoms. The molecule has 2 aliphatic rings. The molecule has 206 valence electrons. The van der Waals surface area contributed by atoms with Crippen molar-refractivity contribution in [2.75, 3.05) is 44.7 Å². The summed E-state index contributed by atoms with van der Waals surface area (Å²) in [6, 6.07) is 16.6. The summed E-state index contributed by atoms with van der Waals surface area (Å²) in [5, 5.41) is 4.13. The lowest BCUT2D eigenvalue weighted by atomic mass is 9.93. The molecule has 2 saturated heterocycles. The minimum atomic E-state index is -0.0691. The Kier molecular flexibility index (Phi) is 8.94. The highest BCUT2D eigenvalue weighted by Gasteiger charge is 2.34. The Labute approximate surface area is 235 Å². The number of likely N-dealkylation sites (tertiary alicyclic amines) is 2. The zero-order valence-electron chi connectivity index (χ0n) is 22.9. The van der Waals surface area contributed by atoms with Gasteiger partial charge in [0.1, 0.15) is 5.82 Å². The number of hydrogen-bond donors (Lipinski definition) is 0. The van der Waals surface area contributed by atoms with Crippen LogP contribution in [0.5, 0.6) is 0 Å². The smallest absolute Gasteiger partial charge is 0.310 e. The number of anilines is 1. The average molecular weight is 547 g/mol. The van der Waals surface area contributed by atoms with Gasteiger partial charge in [0.25, 0.3) is 5.91 Å². The summed E-state index contributed by atoms with van der Waals surface area (Å²) in [4.78, 5) is 37.7. The van der Waals surface area contributed by atoms with Crippen molar-refractivity contribution >= 4 is 29.0 Å². The quantitative estimate of drug-likeness (QED) is 0.356. The third-order valence-corrected chi connectivity index (χ3v) is 8.57. The Balaban J connectivity index is 1.29. The van der Waals surface area contributed by atoms with Crippen LogP contribution in [0.1, 0.15) is 48.5 Å². The van der Waals surface area contributed by atoms with E-state index in [9.17, 15) is 9.59 Å². The van der Waals surface area contributed by atoms with E-state index in [0.29, 0.717) is 43.7 Å². The molecular formula is C31H38N4O3S. The fourth-order valence-corrected chi connectivity index (χ4v) is 6.45. The Bertz CT molecular complexity index is 1240. The van der Waals surface area contributed by atoms with E-state index in [1.54, 1.807) is 11.3 Å². The largest absolute Gasteiger partial charge is 0.466 e. The van der Waals surface area contributed by atoms with Gasteiger partial charge in [0.2, 0.25) is 0 Å². The molecule has 1 amide bonds. The van der Waals surface area contributed by atoms with Crippen LogP contribution in [-0.4, -0.2) is 72.5 Å². The molecule has 3 aromatic rings. The predicted octanol–water partition coefficient (Wildman–Crippen LogP) is 5.33. The lowest BCUT2D eigenvalue weighted by molar-refractivity contribution is -0.150. The van der Waals surface area contributed by atoms with Crippen LogP contribution in [0.15, 0.2) is 59.3 Å². The standard InChI is InChI=1S/C31H38N4O3S/c1-3-38-31(37)24-10-7-16-35(21-24)26-13-17-34(18-14-26)30(36)27-11-12-28(25-15-19-39-22-25)32-29(27)33(2)20-23-8-5-4-6-9-23/h4-6,8-9,11-12,15,19,22,24,26H,3,7,10,13-14,16-18,20-21H2,1-2H3/t24-/m0/s1. The number of piperidine rings is 2. The monoisotopic (exact) mass is 546 g/mol. The van der Waals surface area contributed by atoms with Crippen LogP contribution < -0.4 is 4.90 Å².